The molecule has 1 aromatic carbocycles. The highest BCUT2D eigenvalue weighted by Gasteiger charge is 2.33. The van der Waals surface area contributed by atoms with Crippen molar-refractivity contribution in [2.45, 2.75) is 32.7 Å². The largest absolute Gasteiger partial charge is 0.384 e. The molecule has 0 aromatic heterocycles. The maximum atomic E-state index is 12.4. The lowest BCUT2D eigenvalue weighted by atomic mass is 10.1. The van der Waals surface area contributed by atoms with E-state index in [-0.39, 0.29) is 18.2 Å². The maximum absolute atomic E-state index is 12.4. The molecule has 1 N–H and O–H groups in total. The third kappa shape index (κ3) is 3.61. The summed E-state index contributed by atoms with van der Waals surface area (Å²) in [6.07, 6.45) is 0.925. The summed E-state index contributed by atoms with van der Waals surface area (Å²) in [5.41, 5.74) is 3.26. The average Bonchev–Trinajstić information content (AvgIpc) is 2.81. The molecular weight excluding hydrogens is 268 g/mol. The minimum atomic E-state index is -0.420. The SMILES string of the molecule is COCCC(=O)N[C@H]1CCN(c2ccc(C)c(C)c2)C1=O. The number of methoxy groups -OCH3 is 1. The monoisotopic (exact) mass is 290 g/mol. The normalized spacial score (nSPS) is 18.1. The zero-order valence-corrected chi connectivity index (χ0v) is 12.8. The van der Waals surface area contributed by atoms with Crippen molar-refractivity contribution in [1.82, 2.24) is 5.32 Å². The highest BCUT2D eigenvalue weighted by Crippen LogP contribution is 2.24. The first-order valence-electron chi connectivity index (χ1n) is 7.20. The van der Waals surface area contributed by atoms with Crippen LogP contribution in [0.5, 0.6) is 0 Å². The molecule has 0 aliphatic carbocycles. The number of hydrogen-bond donors (Lipinski definition) is 1. The van der Waals surface area contributed by atoms with Gasteiger partial charge in [-0.25, -0.2) is 0 Å². The van der Waals surface area contributed by atoms with E-state index in [1.54, 1.807) is 12.0 Å². The van der Waals surface area contributed by atoms with Crippen molar-refractivity contribution < 1.29 is 14.3 Å². The molecule has 0 bridgehead atoms. The molecular formula is C16H22N2O3. The number of ether oxygens (including phenoxy) is 1. The van der Waals surface area contributed by atoms with Gasteiger partial charge in [-0.1, -0.05) is 6.07 Å². The van der Waals surface area contributed by atoms with Crippen molar-refractivity contribution in [3.05, 3.63) is 29.3 Å². The van der Waals surface area contributed by atoms with Gasteiger partial charge in [0.25, 0.3) is 0 Å². The average molecular weight is 290 g/mol. The van der Waals surface area contributed by atoms with E-state index >= 15 is 0 Å². The summed E-state index contributed by atoms with van der Waals surface area (Å²) in [6.45, 7) is 5.08. The van der Waals surface area contributed by atoms with Crippen LogP contribution in [-0.4, -0.2) is 38.1 Å². The number of hydrogen-bond acceptors (Lipinski definition) is 3. The van der Waals surface area contributed by atoms with Crippen molar-refractivity contribution in [3.63, 3.8) is 0 Å². The van der Waals surface area contributed by atoms with Crippen LogP contribution >= 0.6 is 0 Å². The molecule has 0 unspecified atom stereocenters. The lowest BCUT2D eigenvalue weighted by Crippen LogP contribution is -2.41. The van der Waals surface area contributed by atoms with Gasteiger partial charge >= 0.3 is 0 Å². The molecule has 1 fully saturated rings. The Morgan fingerprint density at radius 1 is 1.38 bits per heavy atom. The first-order valence-corrected chi connectivity index (χ1v) is 7.20. The van der Waals surface area contributed by atoms with Gasteiger partial charge in [-0.2, -0.15) is 0 Å². The number of amides is 2. The molecule has 5 nitrogen and oxygen atoms in total. The molecule has 1 heterocycles. The second-order valence-corrected chi connectivity index (χ2v) is 5.41. The summed E-state index contributed by atoms with van der Waals surface area (Å²) in [5, 5.41) is 2.78. The number of carbonyl (C=O) groups excluding carboxylic acids is 2. The lowest BCUT2D eigenvalue weighted by Gasteiger charge is -2.18. The van der Waals surface area contributed by atoms with Gasteiger partial charge < -0.3 is 15.0 Å². The molecule has 0 saturated carbocycles. The van der Waals surface area contributed by atoms with E-state index in [4.69, 9.17) is 4.74 Å². The van der Waals surface area contributed by atoms with E-state index in [1.807, 2.05) is 32.0 Å². The predicted octanol–water partition coefficient (Wildman–Crippen LogP) is 1.56. The molecule has 21 heavy (non-hydrogen) atoms. The Balaban J connectivity index is 2.00. The van der Waals surface area contributed by atoms with Gasteiger partial charge in [-0.05, 0) is 43.5 Å². The molecule has 1 atom stereocenters. The Bertz CT molecular complexity index is 542. The van der Waals surface area contributed by atoms with Crippen molar-refractivity contribution in [2.75, 3.05) is 25.2 Å². The number of nitrogens with zero attached hydrogens (tertiary/aromatic N) is 1. The lowest BCUT2D eigenvalue weighted by molar-refractivity contribution is -0.127. The highest BCUT2D eigenvalue weighted by molar-refractivity contribution is 6.01. The Kier molecular flexibility index (Phi) is 4.96. The summed E-state index contributed by atoms with van der Waals surface area (Å²) in [7, 11) is 1.55. The molecule has 0 radical (unpaired) electrons. The molecule has 1 aliphatic heterocycles. The fourth-order valence-corrected chi connectivity index (χ4v) is 2.42. The van der Waals surface area contributed by atoms with Crippen molar-refractivity contribution >= 4 is 17.5 Å². The van der Waals surface area contributed by atoms with Crippen molar-refractivity contribution in [3.8, 4) is 0 Å². The Hall–Kier alpha value is -1.88. The number of aryl methyl sites for hydroxylation is 2. The van der Waals surface area contributed by atoms with E-state index in [9.17, 15) is 9.59 Å². The first kappa shape index (κ1) is 15.5. The summed E-state index contributed by atoms with van der Waals surface area (Å²) < 4.78 is 4.86. The van der Waals surface area contributed by atoms with Crippen LogP contribution in [0.2, 0.25) is 0 Å². The second-order valence-electron chi connectivity index (χ2n) is 5.41. The molecule has 5 heteroatoms. The number of nitrogens with one attached hydrogen (secondary N) is 1. The predicted molar refractivity (Wildman–Crippen MR) is 81.3 cm³/mol. The van der Waals surface area contributed by atoms with Gasteiger partial charge in [-0.3, -0.25) is 9.59 Å². The minimum absolute atomic E-state index is 0.0379. The quantitative estimate of drug-likeness (QED) is 0.895. The van der Waals surface area contributed by atoms with Gasteiger partial charge in [0.15, 0.2) is 0 Å². The van der Waals surface area contributed by atoms with E-state index in [2.05, 4.69) is 5.32 Å². The zero-order chi connectivity index (χ0) is 15.4. The van der Waals surface area contributed by atoms with Gasteiger partial charge in [0.05, 0.1) is 6.61 Å². The van der Waals surface area contributed by atoms with Gasteiger partial charge in [0.2, 0.25) is 11.8 Å². The first-order chi connectivity index (χ1) is 10.0. The van der Waals surface area contributed by atoms with Crippen LogP contribution in [0.25, 0.3) is 0 Å². The second kappa shape index (κ2) is 6.72. The zero-order valence-electron chi connectivity index (χ0n) is 12.8. The summed E-state index contributed by atoms with van der Waals surface area (Å²) >= 11 is 0. The summed E-state index contributed by atoms with van der Waals surface area (Å²) in [5.74, 6) is -0.179. The molecule has 1 aromatic rings. The number of rotatable bonds is 5. The maximum Gasteiger partial charge on any atom is 0.249 e. The van der Waals surface area contributed by atoms with Crippen LogP contribution in [0.4, 0.5) is 5.69 Å². The van der Waals surface area contributed by atoms with Crippen LogP contribution < -0.4 is 10.2 Å². The van der Waals surface area contributed by atoms with Crippen LogP contribution in [0, 0.1) is 13.8 Å². The molecule has 0 spiro atoms. The van der Waals surface area contributed by atoms with E-state index in [1.165, 1.54) is 5.56 Å². The van der Waals surface area contributed by atoms with Crippen LogP contribution in [0.1, 0.15) is 24.0 Å². The summed E-state index contributed by atoms with van der Waals surface area (Å²) in [6, 6.07) is 5.57. The van der Waals surface area contributed by atoms with E-state index in [0.717, 1.165) is 11.3 Å². The standard InChI is InChI=1S/C16H22N2O3/c1-11-4-5-13(10-12(11)2)18-8-6-14(16(18)20)17-15(19)7-9-21-3/h4-5,10,14H,6-9H2,1-3H3,(H,17,19)/t14-/m0/s1. The van der Waals surface area contributed by atoms with Crippen molar-refractivity contribution in [1.29, 1.82) is 0 Å². The molecule has 2 rings (SSSR count). The highest BCUT2D eigenvalue weighted by atomic mass is 16.5. The Morgan fingerprint density at radius 2 is 2.14 bits per heavy atom. The van der Waals surface area contributed by atoms with Gasteiger partial charge in [0.1, 0.15) is 6.04 Å². The Labute approximate surface area is 125 Å². The van der Waals surface area contributed by atoms with Crippen LogP contribution in [0.15, 0.2) is 18.2 Å². The van der Waals surface area contributed by atoms with Gasteiger partial charge in [-0.15, -0.1) is 0 Å². The molecule has 1 saturated heterocycles. The van der Waals surface area contributed by atoms with E-state index < -0.39 is 6.04 Å². The van der Waals surface area contributed by atoms with Crippen LogP contribution in [-0.2, 0) is 14.3 Å². The number of benzene rings is 1. The van der Waals surface area contributed by atoms with E-state index in [0.29, 0.717) is 19.6 Å². The molecule has 1 aliphatic rings. The third-order valence-corrected chi connectivity index (χ3v) is 3.88. The molecule has 2 amide bonds. The topological polar surface area (TPSA) is 58.6 Å². The minimum Gasteiger partial charge on any atom is -0.384 e. The number of carbonyl (C=O) groups is 2. The van der Waals surface area contributed by atoms with Crippen LogP contribution in [0.3, 0.4) is 0 Å². The smallest absolute Gasteiger partial charge is 0.249 e. The fourth-order valence-electron chi connectivity index (χ4n) is 2.42. The van der Waals surface area contributed by atoms with Crippen molar-refractivity contribution in [2.24, 2.45) is 0 Å². The Morgan fingerprint density at radius 3 is 2.81 bits per heavy atom. The molecule has 114 valence electrons. The fraction of sp³-hybridized carbons (Fsp3) is 0.500. The number of anilines is 1. The van der Waals surface area contributed by atoms with Gasteiger partial charge in [0, 0.05) is 25.8 Å². The summed E-state index contributed by atoms with van der Waals surface area (Å²) in [4.78, 5) is 25.8. The third-order valence-electron chi connectivity index (χ3n) is 3.88.